The van der Waals surface area contributed by atoms with Gasteiger partial charge in [-0.3, -0.25) is 14.8 Å². The second-order valence-corrected chi connectivity index (χ2v) is 7.17. The van der Waals surface area contributed by atoms with E-state index >= 15 is 0 Å². The highest BCUT2D eigenvalue weighted by Gasteiger charge is 2.10. The lowest BCUT2D eigenvalue weighted by Crippen LogP contribution is -1.99. The van der Waals surface area contributed by atoms with Gasteiger partial charge in [0.15, 0.2) is 4.34 Å². The maximum absolute atomic E-state index is 10.7. The first-order valence-electron chi connectivity index (χ1n) is 5.86. The van der Waals surface area contributed by atoms with Crippen molar-refractivity contribution in [3.05, 3.63) is 40.1 Å². The van der Waals surface area contributed by atoms with Crippen LogP contribution < -0.4 is 0 Å². The fourth-order valence-corrected chi connectivity index (χ4v) is 3.93. The molecule has 0 aliphatic carbocycles. The lowest BCUT2D eigenvalue weighted by molar-refractivity contribution is -0.136. The Hall–Kier alpha value is -1.51. The molecular formula is C13H8BrN3O2S2. The van der Waals surface area contributed by atoms with Gasteiger partial charge in [-0.25, -0.2) is 4.98 Å². The quantitative estimate of drug-likeness (QED) is 0.743. The summed E-state index contributed by atoms with van der Waals surface area (Å²) in [5, 5.41) is 10.5. The maximum Gasteiger partial charge on any atom is 0.309 e. The van der Waals surface area contributed by atoms with Gasteiger partial charge < -0.3 is 5.11 Å². The number of carboxylic acid groups (broad SMARTS) is 1. The predicted octanol–water partition coefficient (Wildman–Crippen LogP) is 3.63. The Kier molecular flexibility index (Phi) is 4.18. The van der Waals surface area contributed by atoms with Gasteiger partial charge >= 0.3 is 5.97 Å². The van der Waals surface area contributed by atoms with Crippen LogP contribution in [0, 0.1) is 0 Å². The van der Waals surface area contributed by atoms with E-state index in [9.17, 15) is 4.79 Å². The van der Waals surface area contributed by atoms with Crippen LogP contribution >= 0.6 is 39.0 Å². The molecular weight excluding hydrogens is 374 g/mol. The third-order valence-electron chi connectivity index (χ3n) is 2.57. The van der Waals surface area contributed by atoms with Crippen molar-refractivity contribution in [2.75, 3.05) is 0 Å². The summed E-state index contributed by atoms with van der Waals surface area (Å²) in [6.07, 6.45) is 3.40. The van der Waals surface area contributed by atoms with Gasteiger partial charge in [0.25, 0.3) is 0 Å². The summed E-state index contributed by atoms with van der Waals surface area (Å²) in [6.45, 7) is 0. The molecule has 1 N–H and O–H groups in total. The van der Waals surface area contributed by atoms with Crippen molar-refractivity contribution in [3.8, 4) is 0 Å². The third kappa shape index (κ3) is 3.39. The number of aliphatic carboxylic acids is 1. The molecule has 0 fully saturated rings. The fraction of sp³-hybridized carbons (Fsp3) is 0.0769. The Labute approximate surface area is 136 Å². The van der Waals surface area contributed by atoms with E-state index in [1.807, 2.05) is 12.1 Å². The standard InChI is InChI=1S/C13H8BrN3O2S2/c14-7-3-9-12(16-5-7)10(1-2-15-9)21-13-17-8(6-20-13)4-11(18)19/h1-3,5-6H,4H2,(H,18,19). The van der Waals surface area contributed by atoms with Crippen LogP contribution in [0.15, 0.2) is 43.6 Å². The van der Waals surface area contributed by atoms with Crippen LogP contribution in [0.5, 0.6) is 0 Å². The first-order valence-corrected chi connectivity index (χ1v) is 8.35. The maximum atomic E-state index is 10.7. The number of fused-ring (bicyclic) bond motifs is 1. The van der Waals surface area contributed by atoms with Crippen molar-refractivity contribution in [1.82, 2.24) is 15.0 Å². The lowest BCUT2D eigenvalue weighted by Gasteiger charge is -2.03. The summed E-state index contributed by atoms with van der Waals surface area (Å²) in [5.74, 6) is -0.877. The Morgan fingerprint density at radius 3 is 3.10 bits per heavy atom. The van der Waals surface area contributed by atoms with E-state index in [-0.39, 0.29) is 6.42 Å². The molecule has 0 aromatic carbocycles. The normalized spacial score (nSPS) is 10.9. The summed E-state index contributed by atoms with van der Waals surface area (Å²) >= 11 is 6.27. The van der Waals surface area contributed by atoms with Gasteiger partial charge in [-0.2, -0.15) is 0 Å². The molecule has 0 saturated carbocycles. The molecule has 0 radical (unpaired) electrons. The number of carboxylic acids is 1. The summed E-state index contributed by atoms with van der Waals surface area (Å²) < 4.78 is 1.67. The minimum Gasteiger partial charge on any atom is -0.481 e. The Bertz CT molecular complexity index is 822. The number of rotatable bonds is 4. The molecule has 0 atom stereocenters. The highest BCUT2D eigenvalue weighted by atomic mass is 79.9. The molecule has 0 unspecified atom stereocenters. The summed E-state index contributed by atoms with van der Waals surface area (Å²) in [4.78, 5) is 24.6. The van der Waals surface area contributed by atoms with Crippen molar-refractivity contribution in [2.24, 2.45) is 0 Å². The highest BCUT2D eigenvalue weighted by Crippen LogP contribution is 2.34. The Balaban J connectivity index is 1.91. The van der Waals surface area contributed by atoms with E-state index in [1.54, 1.807) is 17.8 Å². The molecule has 0 amide bonds. The smallest absolute Gasteiger partial charge is 0.309 e. The lowest BCUT2D eigenvalue weighted by atomic mass is 10.3. The topological polar surface area (TPSA) is 76.0 Å². The summed E-state index contributed by atoms with van der Waals surface area (Å²) in [5.41, 5.74) is 2.18. The Morgan fingerprint density at radius 1 is 1.43 bits per heavy atom. The van der Waals surface area contributed by atoms with Crippen LogP contribution in [0.3, 0.4) is 0 Å². The van der Waals surface area contributed by atoms with Crippen molar-refractivity contribution >= 4 is 56.0 Å². The first kappa shape index (κ1) is 14.4. The number of halogens is 1. The van der Waals surface area contributed by atoms with Crippen LogP contribution in [-0.2, 0) is 11.2 Å². The van der Waals surface area contributed by atoms with Crippen molar-refractivity contribution in [3.63, 3.8) is 0 Å². The monoisotopic (exact) mass is 381 g/mol. The molecule has 0 bridgehead atoms. The van der Waals surface area contributed by atoms with Gasteiger partial charge in [0.2, 0.25) is 0 Å². The number of nitrogens with zero attached hydrogens (tertiary/aromatic N) is 3. The highest BCUT2D eigenvalue weighted by molar-refractivity contribution is 9.10. The number of hydrogen-bond donors (Lipinski definition) is 1. The zero-order valence-electron chi connectivity index (χ0n) is 10.5. The van der Waals surface area contributed by atoms with Gasteiger partial charge in [0, 0.05) is 27.1 Å². The van der Waals surface area contributed by atoms with E-state index in [1.165, 1.54) is 23.1 Å². The van der Waals surface area contributed by atoms with Crippen LogP contribution in [0.25, 0.3) is 11.0 Å². The summed E-state index contributed by atoms with van der Waals surface area (Å²) in [6, 6.07) is 3.79. The minimum absolute atomic E-state index is 0.0562. The minimum atomic E-state index is -0.877. The molecule has 3 aromatic rings. The molecule has 106 valence electrons. The molecule has 3 aromatic heterocycles. The zero-order chi connectivity index (χ0) is 14.8. The predicted molar refractivity (Wildman–Crippen MR) is 84.8 cm³/mol. The number of pyridine rings is 2. The zero-order valence-corrected chi connectivity index (χ0v) is 13.7. The van der Waals surface area contributed by atoms with E-state index in [4.69, 9.17) is 5.11 Å². The number of hydrogen-bond acceptors (Lipinski definition) is 6. The van der Waals surface area contributed by atoms with Crippen LogP contribution in [0.1, 0.15) is 5.69 Å². The van der Waals surface area contributed by atoms with Crippen LogP contribution in [0.4, 0.5) is 0 Å². The first-order chi connectivity index (χ1) is 10.1. The second-order valence-electron chi connectivity index (χ2n) is 4.11. The third-order valence-corrected chi connectivity index (χ3v) is 5.04. The molecule has 0 saturated heterocycles. The molecule has 3 rings (SSSR count). The van der Waals surface area contributed by atoms with E-state index in [2.05, 4.69) is 30.9 Å². The van der Waals surface area contributed by atoms with Gasteiger partial charge in [-0.15, -0.1) is 11.3 Å². The molecule has 5 nitrogen and oxygen atoms in total. The Morgan fingerprint density at radius 2 is 2.29 bits per heavy atom. The fourth-order valence-electron chi connectivity index (χ4n) is 1.73. The van der Waals surface area contributed by atoms with Gasteiger partial charge in [0.05, 0.1) is 17.6 Å². The van der Waals surface area contributed by atoms with E-state index in [0.717, 1.165) is 24.7 Å². The SMILES string of the molecule is O=C(O)Cc1csc(Sc2ccnc3cc(Br)cnc23)n1. The van der Waals surface area contributed by atoms with Gasteiger partial charge in [-0.05, 0) is 28.1 Å². The average Bonchev–Trinajstić information content (AvgIpc) is 2.85. The molecule has 0 aliphatic rings. The average molecular weight is 382 g/mol. The molecule has 21 heavy (non-hydrogen) atoms. The molecule has 8 heteroatoms. The van der Waals surface area contributed by atoms with E-state index < -0.39 is 5.97 Å². The van der Waals surface area contributed by atoms with Crippen LogP contribution in [0.2, 0.25) is 0 Å². The van der Waals surface area contributed by atoms with E-state index in [0.29, 0.717) is 5.69 Å². The summed E-state index contributed by atoms with van der Waals surface area (Å²) in [7, 11) is 0. The van der Waals surface area contributed by atoms with Gasteiger partial charge in [0.1, 0.15) is 5.52 Å². The van der Waals surface area contributed by atoms with Crippen molar-refractivity contribution in [2.45, 2.75) is 15.7 Å². The molecule has 3 heterocycles. The number of carbonyl (C=O) groups is 1. The number of aromatic nitrogens is 3. The van der Waals surface area contributed by atoms with Crippen molar-refractivity contribution in [1.29, 1.82) is 0 Å². The largest absolute Gasteiger partial charge is 0.481 e. The van der Waals surface area contributed by atoms with Gasteiger partial charge in [-0.1, -0.05) is 11.8 Å². The van der Waals surface area contributed by atoms with Crippen molar-refractivity contribution < 1.29 is 9.90 Å². The number of thiazole rings is 1. The second kappa shape index (κ2) is 6.08. The van der Waals surface area contributed by atoms with Crippen LogP contribution in [-0.4, -0.2) is 26.0 Å². The molecule has 0 aliphatic heterocycles. The molecule has 0 spiro atoms.